The van der Waals surface area contributed by atoms with E-state index in [1.807, 2.05) is 36.4 Å². The topological polar surface area (TPSA) is 20.7 Å². The molecule has 1 N–H and O–H groups in total. The van der Waals surface area contributed by atoms with Crippen molar-refractivity contribution in [2.75, 3.05) is 0 Å². The van der Waals surface area contributed by atoms with Crippen LogP contribution in [0.2, 0.25) is 5.02 Å². The van der Waals surface area contributed by atoms with Crippen molar-refractivity contribution in [1.29, 1.82) is 0 Å². The molecule has 3 rings (SSSR count). The van der Waals surface area contributed by atoms with Crippen molar-refractivity contribution in [3.8, 4) is 0 Å². The molecule has 0 fully saturated rings. The van der Waals surface area contributed by atoms with Crippen molar-refractivity contribution in [3.63, 3.8) is 0 Å². The molecule has 1 heterocycles. The summed E-state index contributed by atoms with van der Waals surface area (Å²) in [4.78, 5) is 3.19. The highest BCUT2D eigenvalue weighted by atomic mass is 79.9. The normalized spacial score (nSPS) is 11.1. The summed E-state index contributed by atoms with van der Waals surface area (Å²) in [6, 6.07) is 13.9. The maximum atomic E-state index is 5.99. The second-order valence-corrected chi connectivity index (χ2v) is 5.95. The van der Waals surface area contributed by atoms with Crippen molar-refractivity contribution in [3.05, 3.63) is 62.3 Å². The predicted molar refractivity (Wildman–Crippen MR) is 85.4 cm³/mol. The van der Waals surface area contributed by atoms with Gasteiger partial charge in [-0.05, 0) is 42.0 Å². The summed E-state index contributed by atoms with van der Waals surface area (Å²) in [7, 11) is 0. The van der Waals surface area contributed by atoms with Gasteiger partial charge in [0.05, 0.1) is 17.6 Å². The number of aromatic amines is 1. The molecule has 0 radical (unpaired) electrons. The summed E-state index contributed by atoms with van der Waals surface area (Å²) >= 11 is 14.9. The lowest BCUT2D eigenvalue weighted by Crippen LogP contribution is -2.00. The number of benzene rings is 2. The van der Waals surface area contributed by atoms with E-state index in [1.165, 1.54) is 5.56 Å². The number of hydrogen-bond acceptors (Lipinski definition) is 1. The molecule has 96 valence electrons. The molecule has 0 bridgehead atoms. The van der Waals surface area contributed by atoms with Crippen LogP contribution in [0.3, 0.4) is 0 Å². The molecule has 2 nitrogen and oxygen atoms in total. The van der Waals surface area contributed by atoms with Crippen LogP contribution in [0.4, 0.5) is 0 Å². The molecule has 3 aromatic rings. The first-order chi connectivity index (χ1) is 9.15. The van der Waals surface area contributed by atoms with Gasteiger partial charge in [0.1, 0.15) is 0 Å². The number of aromatic nitrogens is 2. The summed E-state index contributed by atoms with van der Waals surface area (Å²) in [5.74, 6) is 0. The van der Waals surface area contributed by atoms with E-state index >= 15 is 0 Å². The Labute approximate surface area is 129 Å². The van der Waals surface area contributed by atoms with E-state index in [4.69, 9.17) is 23.8 Å². The van der Waals surface area contributed by atoms with Crippen molar-refractivity contribution < 1.29 is 0 Å². The van der Waals surface area contributed by atoms with Crippen LogP contribution in [0.5, 0.6) is 0 Å². The molecule has 0 saturated heterocycles. The monoisotopic (exact) mass is 352 g/mol. The standard InChI is InChI=1S/C14H10BrClN2S/c15-11-4-2-1-3-9(11)8-18-13-6-5-10(16)7-12(13)17-14(18)19/h1-7H,8H2,(H,17,19). The molecule has 19 heavy (non-hydrogen) atoms. The van der Waals surface area contributed by atoms with E-state index in [0.29, 0.717) is 9.79 Å². The smallest absolute Gasteiger partial charge is 0.178 e. The van der Waals surface area contributed by atoms with E-state index in [1.54, 1.807) is 0 Å². The third kappa shape index (κ3) is 2.48. The van der Waals surface area contributed by atoms with Gasteiger partial charge in [0.2, 0.25) is 0 Å². The number of nitrogens with one attached hydrogen (secondary N) is 1. The summed E-state index contributed by atoms with van der Waals surface area (Å²) in [5, 5.41) is 0.705. The van der Waals surface area contributed by atoms with Crippen LogP contribution in [-0.2, 0) is 6.54 Å². The summed E-state index contributed by atoms with van der Waals surface area (Å²) in [5.41, 5.74) is 3.21. The molecule has 1 aromatic heterocycles. The molecule has 0 spiro atoms. The second kappa shape index (κ2) is 5.12. The number of halogens is 2. The van der Waals surface area contributed by atoms with Crippen molar-refractivity contribution >= 4 is 50.8 Å². The molecule has 0 amide bonds. The highest BCUT2D eigenvalue weighted by molar-refractivity contribution is 9.10. The van der Waals surface area contributed by atoms with Crippen LogP contribution in [-0.4, -0.2) is 9.55 Å². The fraction of sp³-hybridized carbons (Fsp3) is 0.0714. The number of rotatable bonds is 2. The minimum absolute atomic E-state index is 0.702. The Hall–Kier alpha value is -1.10. The van der Waals surface area contributed by atoms with E-state index < -0.39 is 0 Å². The first-order valence-electron chi connectivity index (χ1n) is 5.76. The average Bonchev–Trinajstić information content (AvgIpc) is 2.68. The van der Waals surface area contributed by atoms with Crippen LogP contribution in [0.25, 0.3) is 11.0 Å². The van der Waals surface area contributed by atoms with Crippen LogP contribution in [0, 0.1) is 4.77 Å². The Morgan fingerprint density at radius 3 is 2.79 bits per heavy atom. The lowest BCUT2D eigenvalue weighted by atomic mass is 10.2. The zero-order valence-corrected chi connectivity index (χ0v) is 13.0. The Morgan fingerprint density at radius 1 is 1.21 bits per heavy atom. The molecular weight excluding hydrogens is 344 g/mol. The minimum Gasteiger partial charge on any atom is -0.331 e. The number of fused-ring (bicyclic) bond motifs is 1. The molecule has 0 saturated carbocycles. The lowest BCUT2D eigenvalue weighted by Gasteiger charge is -2.07. The number of hydrogen-bond donors (Lipinski definition) is 1. The Balaban J connectivity index is 2.13. The van der Waals surface area contributed by atoms with Gasteiger partial charge in [-0.3, -0.25) is 0 Å². The van der Waals surface area contributed by atoms with Crippen LogP contribution in [0.1, 0.15) is 5.56 Å². The Morgan fingerprint density at radius 2 is 2.00 bits per heavy atom. The van der Waals surface area contributed by atoms with Gasteiger partial charge in [0, 0.05) is 9.50 Å². The maximum Gasteiger partial charge on any atom is 0.178 e. The average molecular weight is 354 g/mol. The summed E-state index contributed by atoms with van der Waals surface area (Å²) < 4.78 is 3.86. The Bertz CT molecular complexity index is 807. The minimum atomic E-state index is 0.702. The maximum absolute atomic E-state index is 5.99. The van der Waals surface area contributed by atoms with Gasteiger partial charge >= 0.3 is 0 Å². The van der Waals surface area contributed by atoms with E-state index in [9.17, 15) is 0 Å². The SMILES string of the molecule is S=c1[nH]c2cc(Cl)ccc2n1Cc1ccccc1Br. The summed E-state index contributed by atoms with van der Waals surface area (Å²) in [6.07, 6.45) is 0. The zero-order valence-electron chi connectivity index (χ0n) is 9.86. The third-order valence-electron chi connectivity index (χ3n) is 3.02. The van der Waals surface area contributed by atoms with E-state index in [-0.39, 0.29) is 0 Å². The largest absolute Gasteiger partial charge is 0.331 e. The molecule has 0 unspecified atom stereocenters. The van der Waals surface area contributed by atoms with Crippen LogP contribution in [0.15, 0.2) is 46.9 Å². The van der Waals surface area contributed by atoms with Crippen LogP contribution < -0.4 is 0 Å². The number of imidazole rings is 1. The van der Waals surface area contributed by atoms with Gasteiger partial charge in [-0.25, -0.2) is 0 Å². The third-order valence-corrected chi connectivity index (χ3v) is 4.35. The molecule has 0 aliphatic rings. The first kappa shape index (κ1) is 12.9. The second-order valence-electron chi connectivity index (χ2n) is 4.27. The van der Waals surface area contributed by atoms with Gasteiger partial charge in [-0.1, -0.05) is 45.7 Å². The fourth-order valence-corrected chi connectivity index (χ4v) is 2.94. The Kier molecular flexibility index (Phi) is 3.48. The van der Waals surface area contributed by atoms with Crippen molar-refractivity contribution in [2.45, 2.75) is 6.54 Å². The fourth-order valence-electron chi connectivity index (χ4n) is 2.09. The highest BCUT2D eigenvalue weighted by Crippen LogP contribution is 2.22. The molecule has 0 aliphatic carbocycles. The molecule has 5 heteroatoms. The molecule has 2 aromatic carbocycles. The van der Waals surface area contributed by atoms with Gasteiger partial charge < -0.3 is 9.55 Å². The van der Waals surface area contributed by atoms with Gasteiger partial charge in [0.15, 0.2) is 4.77 Å². The quantitative estimate of drug-likeness (QED) is 0.631. The van der Waals surface area contributed by atoms with E-state index in [0.717, 1.165) is 22.1 Å². The van der Waals surface area contributed by atoms with Gasteiger partial charge in [-0.15, -0.1) is 0 Å². The molecular formula is C14H10BrClN2S. The highest BCUT2D eigenvalue weighted by Gasteiger charge is 2.07. The van der Waals surface area contributed by atoms with Crippen molar-refractivity contribution in [1.82, 2.24) is 9.55 Å². The lowest BCUT2D eigenvalue weighted by molar-refractivity contribution is 0.807. The number of nitrogens with zero attached hydrogens (tertiary/aromatic N) is 1. The first-order valence-corrected chi connectivity index (χ1v) is 7.34. The number of H-pyrrole nitrogens is 1. The zero-order chi connectivity index (χ0) is 13.4. The van der Waals surface area contributed by atoms with Gasteiger partial charge in [0.25, 0.3) is 0 Å². The molecule has 0 aliphatic heterocycles. The van der Waals surface area contributed by atoms with Crippen LogP contribution >= 0.6 is 39.7 Å². The van der Waals surface area contributed by atoms with Gasteiger partial charge in [-0.2, -0.15) is 0 Å². The van der Waals surface area contributed by atoms with E-state index in [2.05, 4.69) is 31.5 Å². The molecule has 0 atom stereocenters. The summed E-state index contributed by atoms with van der Waals surface area (Å²) in [6.45, 7) is 0.724. The van der Waals surface area contributed by atoms with Crippen molar-refractivity contribution in [2.24, 2.45) is 0 Å². The predicted octanol–water partition coefficient (Wildman–Crippen LogP) is 5.16.